The van der Waals surface area contributed by atoms with Crippen molar-refractivity contribution in [2.45, 2.75) is 32.1 Å². The van der Waals surface area contributed by atoms with Gasteiger partial charge in [-0.3, -0.25) is 4.79 Å². The average molecular weight is 267 g/mol. The van der Waals surface area contributed by atoms with Gasteiger partial charge in [-0.2, -0.15) is 11.8 Å². The molecular weight excluding hydrogens is 249 g/mol. The van der Waals surface area contributed by atoms with Crippen LogP contribution in [0, 0.1) is 12.7 Å². The first kappa shape index (κ1) is 13.4. The number of rotatable bonds is 1. The molecule has 1 amide bonds. The Balaban J connectivity index is 2.22. The van der Waals surface area contributed by atoms with Gasteiger partial charge in [-0.15, -0.1) is 0 Å². The van der Waals surface area contributed by atoms with Gasteiger partial charge in [0.1, 0.15) is 5.82 Å². The summed E-state index contributed by atoms with van der Waals surface area (Å²) in [4.78, 5) is 14.3. The van der Waals surface area contributed by atoms with E-state index in [9.17, 15) is 9.18 Å². The molecule has 18 heavy (non-hydrogen) atoms. The summed E-state index contributed by atoms with van der Waals surface area (Å²) in [5.74, 6) is 0.720. The van der Waals surface area contributed by atoms with E-state index in [1.165, 1.54) is 6.07 Å². The number of carbonyl (C=O) groups excluding carboxylic acids is 1. The summed E-state index contributed by atoms with van der Waals surface area (Å²) in [6, 6.07) is 4.80. The molecule has 1 heterocycles. The largest absolute Gasteiger partial charge is 0.334 e. The van der Waals surface area contributed by atoms with Gasteiger partial charge in [0, 0.05) is 29.2 Å². The molecule has 98 valence electrons. The monoisotopic (exact) mass is 267 g/mol. The van der Waals surface area contributed by atoms with Crippen molar-refractivity contribution in [2.24, 2.45) is 0 Å². The fraction of sp³-hybridized carbons (Fsp3) is 0.500. The van der Waals surface area contributed by atoms with Crippen molar-refractivity contribution in [1.29, 1.82) is 0 Å². The lowest BCUT2D eigenvalue weighted by Gasteiger charge is -2.37. The predicted molar refractivity (Wildman–Crippen MR) is 73.6 cm³/mol. The standard InChI is InChI=1S/C14H18FNOS/c1-9-8-12(4-5-13(9)15)14(17)16-6-7-18-11(3)10(16)2/h4-5,8,10-11H,6-7H2,1-3H3. The van der Waals surface area contributed by atoms with Crippen LogP contribution in [-0.4, -0.2) is 34.4 Å². The molecule has 1 saturated heterocycles. The Labute approximate surface area is 112 Å². The summed E-state index contributed by atoms with van der Waals surface area (Å²) >= 11 is 1.89. The van der Waals surface area contributed by atoms with Crippen LogP contribution in [0.15, 0.2) is 18.2 Å². The zero-order chi connectivity index (χ0) is 13.3. The smallest absolute Gasteiger partial charge is 0.254 e. The third-order valence-electron chi connectivity index (χ3n) is 3.55. The fourth-order valence-electron chi connectivity index (χ4n) is 2.16. The zero-order valence-electron chi connectivity index (χ0n) is 10.9. The third kappa shape index (κ3) is 2.53. The normalized spacial score (nSPS) is 24.1. The molecule has 2 rings (SSSR count). The Morgan fingerprint density at radius 3 is 2.83 bits per heavy atom. The van der Waals surface area contributed by atoms with Crippen LogP contribution in [0.2, 0.25) is 0 Å². The van der Waals surface area contributed by atoms with Gasteiger partial charge in [0.05, 0.1) is 0 Å². The highest BCUT2D eigenvalue weighted by Crippen LogP contribution is 2.25. The Hall–Kier alpha value is -1.03. The van der Waals surface area contributed by atoms with Crippen LogP contribution in [0.3, 0.4) is 0 Å². The minimum atomic E-state index is -0.262. The van der Waals surface area contributed by atoms with Crippen LogP contribution in [0.5, 0.6) is 0 Å². The van der Waals surface area contributed by atoms with Crippen molar-refractivity contribution >= 4 is 17.7 Å². The number of thioether (sulfide) groups is 1. The van der Waals surface area contributed by atoms with Crippen molar-refractivity contribution in [3.8, 4) is 0 Å². The molecule has 2 unspecified atom stereocenters. The highest BCUT2D eigenvalue weighted by atomic mass is 32.2. The molecule has 1 aliphatic rings. The SMILES string of the molecule is Cc1cc(C(=O)N2CCSC(C)C2C)ccc1F. The van der Waals surface area contributed by atoms with Crippen molar-refractivity contribution in [1.82, 2.24) is 4.90 Å². The number of hydrogen-bond donors (Lipinski definition) is 0. The van der Waals surface area contributed by atoms with Crippen LogP contribution in [0.1, 0.15) is 29.8 Å². The van der Waals surface area contributed by atoms with Crippen LogP contribution < -0.4 is 0 Å². The molecule has 0 spiro atoms. The maximum absolute atomic E-state index is 13.2. The van der Waals surface area contributed by atoms with Crippen LogP contribution in [0.25, 0.3) is 0 Å². The molecule has 1 aromatic carbocycles. The summed E-state index contributed by atoms with van der Waals surface area (Å²) in [6.07, 6.45) is 0. The molecule has 0 radical (unpaired) electrons. The Kier molecular flexibility index (Phi) is 3.95. The summed E-state index contributed by atoms with van der Waals surface area (Å²) in [7, 11) is 0. The second kappa shape index (κ2) is 5.31. The molecule has 1 aromatic rings. The van der Waals surface area contributed by atoms with Crippen molar-refractivity contribution in [3.05, 3.63) is 35.1 Å². The van der Waals surface area contributed by atoms with Gasteiger partial charge in [0.15, 0.2) is 0 Å². The van der Waals surface area contributed by atoms with Crippen molar-refractivity contribution < 1.29 is 9.18 Å². The minimum Gasteiger partial charge on any atom is -0.334 e. The van der Waals surface area contributed by atoms with E-state index in [0.717, 1.165) is 12.3 Å². The molecule has 0 bridgehead atoms. The first-order chi connectivity index (χ1) is 8.50. The van der Waals surface area contributed by atoms with Gasteiger partial charge >= 0.3 is 0 Å². The lowest BCUT2D eigenvalue weighted by atomic mass is 10.1. The van der Waals surface area contributed by atoms with E-state index in [-0.39, 0.29) is 17.8 Å². The molecule has 2 atom stereocenters. The number of benzene rings is 1. The number of halogens is 1. The van der Waals surface area contributed by atoms with Gasteiger partial charge in [0.25, 0.3) is 5.91 Å². The van der Waals surface area contributed by atoms with Crippen molar-refractivity contribution in [2.75, 3.05) is 12.3 Å². The van der Waals surface area contributed by atoms with E-state index in [4.69, 9.17) is 0 Å². The third-order valence-corrected chi connectivity index (χ3v) is 4.89. The lowest BCUT2D eigenvalue weighted by Crippen LogP contribution is -2.47. The van der Waals surface area contributed by atoms with Gasteiger partial charge < -0.3 is 4.90 Å². The summed E-state index contributed by atoms with van der Waals surface area (Å²) in [6.45, 7) is 6.67. The van der Waals surface area contributed by atoms with E-state index < -0.39 is 0 Å². The second-order valence-corrected chi connectivity index (χ2v) is 6.26. The lowest BCUT2D eigenvalue weighted by molar-refractivity contribution is 0.0698. The van der Waals surface area contributed by atoms with Crippen LogP contribution in [0.4, 0.5) is 4.39 Å². The molecule has 0 aliphatic carbocycles. The quantitative estimate of drug-likeness (QED) is 0.779. The highest BCUT2D eigenvalue weighted by Gasteiger charge is 2.29. The molecule has 4 heteroatoms. The second-order valence-electron chi connectivity index (χ2n) is 4.78. The highest BCUT2D eigenvalue weighted by molar-refractivity contribution is 8.00. The maximum atomic E-state index is 13.2. The Morgan fingerprint density at radius 1 is 1.44 bits per heavy atom. The first-order valence-electron chi connectivity index (χ1n) is 6.19. The molecule has 0 aromatic heterocycles. The van der Waals surface area contributed by atoms with E-state index in [0.29, 0.717) is 16.4 Å². The van der Waals surface area contributed by atoms with Gasteiger partial charge in [-0.05, 0) is 37.6 Å². The van der Waals surface area contributed by atoms with E-state index >= 15 is 0 Å². The molecule has 0 N–H and O–H groups in total. The van der Waals surface area contributed by atoms with Crippen LogP contribution >= 0.6 is 11.8 Å². The molecular formula is C14H18FNOS. The number of carbonyl (C=O) groups is 1. The predicted octanol–water partition coefficient (Wildman–Crippen LogP) is 3.10. The van der Waals surface area contributed by atoms with E-state index in [1.807, 2.05) is 16.7 Å². The van der Waals surface area contributed by atoms with E-state index in [1.54, 1.807) is 19.1 Å². The van der Waals surface area contributed by atoms with Gasteiger partial charge in [-0.25, -0.2) is 4.39 Å². The van der Waals surface area contributed by atoms with Gasteiger partial charge in [-0.1, -0.05) is 6.92 Å². The summed E-state index contributed by atoms with van der Waals surface area (Å²) in [5, 5.41) is 0.448. The van der Waals surface area contributed by atoms with Crippen molar-refractivity contribution in [3.63, 3.8) is 0 Å². The number of hydrogen-bond acceptors (Lipinski definition) is 2. The zero-order valence-corrected chi connectivity index (χ0v) is 11.8. The Morgan fingerprint density at radius 2 is 2.17 bits per heavy atom. The molecule has 1 fully saturated rings. The molecule has 0 saturated carbocycles. The van der Waals surface area contributed by atoms with E-state index in [2.05, 4.69) is 13.8 Å². The van der Waals surface area contributed by atoms with Crippen LogP contribution in [-0.2, 0) is 0 Å². The molecule has 1 aliphatic heterocycles. The Bertz CT molecular complexity index is 463. The number of aryl methyl sites for hydroxylation is 1. The molecule has 2 nitrogen and oxygen atoms in total. The topological polar surface area (TPSA) is 20.3 Å². The van der Waals surface area contributed by atoms with Gasteiger partial charge in [0.2, 0.25) is 0 Å². The number of amides is 1. The summed E-state index contributed by atoms with van der Waals surface area (Å²) in [5.41, 5.74) is 1.10. The summed E-state index contributed by atoms with van der Waals surface area (Å²) < 4.78 is 13.2. The number of nitrogens with zero attached hydrogens (tertiary/aromatic N) is 1. The minimum absolute atomic E-state index is 0.0118. The first-order valence-corrected chi connectivity index (χ1v) is 7.24. The maximum Gasteiger partial charge on any atom is 0.254 e. The average Bonchev–Trinajstić information content (AvgIpc) is 2.35. The fourth-order valence-corrected chi connectivity index (χ4v) is 3.26.